The van der Waals surface area contributed by atoms with Crippen molar-refractivity contribution in [1.82, 2.24) is 4.90 Å². The lowest BCUT2D eigenvalue weighted by atomic mass is 10.0. The number of nitrogens with zero attached hydrogens (tertiary/aromatic N) is 1. The summed E-state index contributed by atoms with van der Waals surface area (Å²) in [6.07, 6.45) is 0.359. The van der Waals surface area contributed by atoms with Gasteiger partial charge in [-0.2, -0.15) is 0 Å². The van der Waals surface area contributed by atoms with Crippen LogP contribution in [0.15, 0.2) is 12.1 Å². The Morgan fingerprint density at radius 1 is 1.09 bits per heavy atom. The molecule has 1 aromatic rings. The van der Waals surface area contributed by atoms with Crippen LogP contribution >= 0.6 is 0 Å². The minimum atomic E-state index is 0.0403. The minimum Gasteiger partial charge on any atom is -0.493 e. The standard InChI is InChI=1S/C17H28N2O4/c1-11-9-19(10-12(2)23-11)14(8-18)13-6-7-15(20-3)17(22-5)16(13)21-4/h6-7,11-12,14H,8-10,18H2,1-5H3. The van der Waals surface area contributed by atoms with Crippen LogP contribution in [0.2, 0.25) is 0 Å². The van der Waals surface area contributed by atoms with Crippen molar-refractivity contribution in [2.75, 3.05) is 41.0 Å². The molecule has 0 bridgehead atoms. The van der Waals surface area contributed by atoms with Crippen LogP contribution in [-0.2, 0) is 4.74 Å². The summed E-state index contributed by atoms with van der Waals surface area (Å²) in [6, 6.07) is 3.94. The fourth-order valence-electron chi connectivity index (χ4n) is 3.33. The molecule has 1 aliphatic heterocycles. The Balaban J connectivity index is 2.41. The van der Waals surface area contributed by atoms with Crippen molar-refractivity contribution in [2.24, 2.45) is 5.73 Å². The quantitative estimate of drug-likeness (QED) is 0.861. The van der Waals surface area contributed by atoms with Gasteiger partial charge in [0, 0.05) is 25.2 Å². The zero-order chi connectivity index (χ0) is 17.0. The second kappa shape index (κ2) is 7.86. The van der Waals surface area contributed by atoms with Gasteiger partial charge in [0.05, 0.1) is 39.6 Å². The number of ether oxygens (including phenoxy) is 4. The van der Waals surface area contributed by atoms with Crippen molar-refractivity contribution in [3.63, 3.8) is 0 Å². The monoisotopic (exact) mass is 324 g/mol. The average Bonchev–Trinajstić information content (AvgIpc) is 2.53. The SMILES string of the molecule is COc1ccc(C(CN)N2CC(C)OC(C)C2)c(OC)c1OC. The van der Waals surface area contributed by atoms with Gasteiger partial charge in [-0.05, 0) is 26.0 Å². The van der Waals surface area contributed by atoms with Crippen LogP contribution in [0.25, 0.3) is 0 Å². The van der Waals surface area contributed by atoms with Gasteiger partial charge in [0.1, 0.15) is 0 Å². The molecule has 130 valence electrons. The van der Waals surface area contributed by atoms with Gasteiger partial charge in [-0.25, -0.2) is 0 Å². The highest BCUT2D eigenvalue weighted by Gasteiger charge is 2.31. The molecule has 2 rings (SSSR count). The topological polar surface area (TPSA) is 66.2 Å². The molecular weight excluding hydrogens is 296 g/mol. The number of benzene rings is 1. The maximum Gasteiger partial charge on any atom is 0.203 e. The van der Waals surface area contributed by atoms with Gasteiger partial charge in [-0.3, -0.25) is 4.90 Å². The Hall–Kier alpha value is -1.50. The van der Waals surface area contributed by atoms with E-state index >= 15 is 0 Å². The Kier molecular flexibility index (Phi) is 6.10. The summed E-state index contributed by atoms with van der Waals surface area (Å²) in [7, 11) is 4.86. The molecule has 0 radical (unpaired) electrons. The van der Waals surface area contributed by atoms with E-state index < -0.39 is 0 Å². The molecule has 1 heterocycles. The molecule has 1 aromatic carbocycles. The molecule has 2 N–H and O–H groups in total. The van der Waals surface area contributed by atoms with Gasteiger partial charge in [0.25, 0.3) is 0 Å². The molecular formula is C17H28N2O4. The smallest absolute Gasteiger partial charge is 0.203 e. The summed E-state index contributed by atoms with van der Waals surface area (Å²) in [5.74, 6) is 1.92. The van der Waals surface area contributed by atoms with E-state index in [0.29, 0.717) is 23.8 Å². The van der Waals surface area contributed by atoms with Crippen molar-refractivity contribution in [3.8, 4) is 17.2 Å². The lowest BCUT2D eigenvalue weighted by Crippen LogP contribution is -2.48. The molecule has 1 saturated heterocycles. The third-order valence-corrected chi connectivity index (χ3v) is 4.21. The van der Waals surface area contributed by atoms with E-state index in [9.17, 15) is 0 Å². The van der Waals surface area contributed by atoms with Gasteiger partial charge in [-0.1, -0.05) is 0 Å². The fraction of sp³-hybridized carbons (Fsp3) is 0.647. The van der Waals surface area contributed by atoms with E-state index in [-0.39, 0.29) is 18.2 Å². The van der Waals surface area contributed by atoms with Crippen molar-refractivity contribution in [1.29, 1.82) is 0 Å². The summed E-state index contributed by atoms with van der Waals surface area (Å²) in [5, 5.41) is 0. The Labute approximate surface area is 138 Å². The zero-order valence-corrected chi connectivity index (χ0v) is 14.7. The fourth-order valence-corrected chi connectivity index (χ4v) is 3.33. The third-order valence-electron chi connectivity index (χ3n) is 4.21. The van der Waals surface area contributed by atoms with E-state index in [1.54, 1.807) is 21.3 Å². The van der Waals surface area contributed by atoms with Crippen LogP contribution in [0.5, 0.6) is 17.2 Å². The van der Waals surface area contributed by atoms with E-state index in [1.165, 1.54) is 0 Å². The van der Waals surface area contributed by atoms with E-state index in [1.807, 2.05) is 12.1 Å². The van der Waals surface area contributed by atoms with Crippen molar-refractivity contribution >= 4 is 0 Å². The minimum absolute atomic E-state index is 0.0403. The molecule has 3 unspecified atom stereocenters. The summed E-state index contributed by atoms with van der Waals surface area (Å²) in [6.45, 7) is 6.34. The van der Waals surface area contributed by atoms with Crippen molar-refractivity contribution in [2.45, 2.75) is 32.1 Å². The Morgan fingerprint density at radius 2 is 1.70 bits per heavy atom. The molecule has 0 aromatic heterocycles. The second-order valence-corrected chi connectivity index (χ2v) is 5.89. The van der Waals surface area contributed by atoms with Crippen LogP contribution in [0.4, 0.5) is 0 Å². The zero-order valence-electron chi connectivity index (χ0n) is 14.7. The number of rotatable bonds is 6. The third kappa shape index (κ3) is 3.71. The summed E-state index contributed by atoms with van der Waals surface area (Å²) in [4.78, 5) is 2.35. The molecule has 6 nitrogen and oxygen atoms in total. The van der Waals surface area contributed by atoms with Gasteiger partial charge >= 0.3 is 0 Å². The Bertz CT molecular complexity index is 514. The van der Waals surface area contributed by atoms with E-state index in [0.717, 1.165) is 18.7 Å². The summed E-state index contributed by atoms with van der Waals surface area (Å²) < 4.78 is 22.3. The molecule has 23 heavy (non-hydrogen) atoms. The number of methoxy groups -OCH3 is 3. The van der Waals surface area contributed by atoms with Gasteiger partial charge in [-0.15, -0.1) is 0 Å². The molecule has 0 aliphatic carbocycles. The molecule has 1 fully saturated rings. The van der Waals surface area contributed by atoms with Crippen LogP contribution in [-0.4, -0.2) is 58.1 Å². The van der Waals surface area contributed by atoms with Crippen LogP contribution < -0.4 is 19.9 Å². The number of hydrogen-bond acceptors (Lipinski definition) is 6. The Morgan fingerprint density at radius 3 is 2.17 bits per heavy atom. The van der Waals surface area contributed by atoms with Crippen LogP contribution in [0, 0.1) is 0 Å². The van der Waals surface area contributed by atoms with Gasteiger partial charge in [0.2, 0.25) is 5.75 Å². The first kappa shape index (κ1) is 17.8. The first-order valence-corrected chi connectivity index (χ1v) is 7.94. The highest BCUT2D eigenvalue weighted by atomic mass is 16.5. The first-order valence-electron chi connectivity index (χ1n) is 7.94. The number of morpholine rings is 1. The lowest BCUT2D eigenvalue weighted by Gasteiger charge is -2.40. The highest BCUT2D eigenvalue weighted by molar-refractivity contribution is 5.56. The van der Waals surface area contributed by atoms with Gasteiger partial charge in [0.15, 0.2) is 11.5 Å². The molecule has 0 amide bonds. The van der Waals surface area contributed by atoms with E-state index in [2.05, 4.69) is 18.7 Å². The molecule has 0 spiro atoms. The normalized spacial score (nSPS) is 23.4. The van der Waals surface area contributed by atoms with Crippen molar-refractivity contribution in [3.05, 3.63) is 17.7 Å². The molecule has 0 saturated carbocycles. The largest absolute Gasteiger partial charge is 0.493 e. The highest BCUT2D eigenvalue weighted by Crippen LogP contribution is 2.43. The lowest BCUT2D eigenvalue weighted by molar-refractivity contribution is -0.0801. The predicted molar refractivity (Wildman–Crippen MR) is 89.5 cm³/mol. The summed E-state index contributed by atoms with van der Waals surface area (Å²) >= 11 is 0. The molecule has 6 heteroatoms. The first-order chi connectivity index (χ1) is 11.0. The molecule has 1 aliphatic rings. The van der Waals surface area contributed by atoms with Crippen molar-refractivity contribution < 1.29 is 18.9 Å². The predicted octanol–water partition coefficient (Wildman–Crippen LogP) is 1.82. The van der Waals surface area contributed by atoms with Gasteiger partial charge < -0.3 is 24.7 Å². The number of hydrogen-bond donors (Lipinski definition) is 1. The van der Waals surface area contributed by atoms with Crippen LogP contribution in [0.3, 0.4) is 0 Å². The van der Waals surface area contributed by atoms with Crippen LogP contribution in [0.1, 0.15) is 25.5 Å². The average molecular weight is 324 g/mol. The number of nitrogens with two attached hydrogens (primary N) is 1. The second-order valence-electron chi connectivity index (χ2n) is 5.89. The molecule has 3 atom stereocenters. The van der Waals surface area contributed by atoms with E-state index in [4.69, 9.17) is 24.7 Å². The summed E-state index contributed by atoms with van der Waals surface area (Å²) in [5.41, 5.74) is 7.11. The maximum absolute atomic E-state index is 6.10. The maximum atomic E-state index is 6.10.